The highest BCUT2D eigenvalue weighted by Crippen LogP contribution is 2.24. The highest BCUT2D eigenvalue weighted by Gasteiger charge is 2.21. The first-order chi connectivity index (χ1) is 8.80. The fourth-order valence-corrected chi connectivity index (χ4v) is 2.94. The Morgan fingerprint density at radius 1 is 1.16 bits per heavy atom. The minimum absolute atomic E-state index is 0.208. The molecule has 0 aromatic heterocycles. The summed E-state index contributed by atoms with van der Waals surface area (Å²) in [5.74, 6) is 0.433. The molecule has 1 rings (SSSR count). The maximum Gasteiger partial charge on any atom is 0.150 e. The van der Waals surface area contributed by atoms with Gasteiger partial charge in [0, 0.05) is 11.3 Å². The fraction of sp³-hybridized carbons (Fsp3) is 0.600. The summed E-state index contributed by atoms with van der Waals surface area (Å²) in [4.78, 5) is 0. The molecule has 0 fully saturated rings. The number of benzene rings is 1. The van der Waals surface area contributed by atoms with Gasteiger partial charge in [0.2, 0.25) is 0 Å². The molecule has 108 valence electrons. The van der Waals surface area contributed by atoms with Crippen molar-refractivity contribution >= 4 is 9.84 Å². The quantitative estimate of drug-likeness (QED) is 0.837. The molecule has 0 aliphatic carbocycles. The van der Waals surface area contributed by atoms with Crippen molar-refractivity contribution in [2.75, 3.05) is 11.5 Å². The van der Waals surface area contributed by atoms with Gasteiger partial charge in [0.15, 0.2) is 0 Å². The van der Waals surface area contributed by atoms with Gasteiger partial charge in [-0.15, -0.1) is 0 Å². The number of nitrogens with two attached hydrogens (primary N) is 1. The normalized spacial score (nSPS) is 15.2. The second kappa shape index (κ2) is 6.53. The highest BCUT2D eigenvalue weighted by molar-refractivity contribution is 7.91. The topological polar surface area (TPSA) is 60.2 Å². The number of rotatable bonds is 7. The third-order valence-corrected chi connectivity index (χ3v) is 5.40. The summed E-state index contributed by atoms with van der Waals surface area (Å²) in [5.41, 5.74) is 8.20. The average molecular weight is 283 g/mol. The molecule has 0 spiro atoms. The Labute approximate surface area is 117 Å². The lowest BCUT2D eigenvalue weighted by Crippen LogP contribution is -2.33. The van der Waals surface area contributed by atoms with Crippen LogP contribution >= 0.6 is 0 Å². The molecule has 4 heteroatoms. The molecule has 0 aliphatic heterocycles. The molecule has 0 bridgehead atoms. The van der Waals surface area contributed by atoms with Gasteiger partial charge in [0.25, 0.3) is 0 Å². The smallest absolute Gasteiger partial charge is 0.150 e. The van der Waals surface area contributed by atoms with Crippen LogP contribution in [0.4, 0.5) is 0 Å². The lowest BCUT2D eigenvalue weighted by atomic mass is 9.88. The third-order valence-electron chi connectivity index (χ3n) is 3.61. The maximum atomic E-state index is 11.5. The van der Waals surface area contributed by atoms with Crippen molar-refractivity contribution in [1.29, 1.82) is 0 Å². The Morgan fingerprint density at radius 2 is 1.74 bits per heavy atom. The van der Waals surface area contributed by atoms with Crippen LogP contribution in [0.2, 0.25) is 0 Å². The molecule has 0 radical (unpaired) electrons. The SMILES string of the molecule is CCc1ccc(C(C)(N)CCCS(=O)(=O)CC)cc1. The first-order valence-corrected chi connectivity index (χ1v) is 8.71. The summed E-state index contributed by atoms with van der Waals surface area (Å²) in [5, 5.41) is 0. The van der Waals surface area contributed by atoms with Crippen LogP contribution in [0.1, 0.15) is 44.7 Å². The van der Waals surface area contributed by atoms with E-state index in [1.54, 1.807) is 6.92 Å². The second-order valence-electron chi connectivity index (χ2n) is 5.31. The summed E-state index contributed by atoms with van der Waals surface area (Å²) < 4.78 is 22.9. The van der Waals surface area contributed by atoms with E-state index in [0.29, 0.717) is 12.8 Å². The zero-order valence-electron chi connectivity index (χ0n) is 12.1. The third kappa shape index (κ3) is 4.96. The van der Waals surface area contributed by atoms with Gasteiger partial charge in [0.1, 0.15) is 9.84 Å². The van der Waals surface area contributed by atoms with Gasteiger partial charge in [-0.05, 0) is 37.3 Å². The zero-order chi connectivity index (χ0) is 14.5. The summed E-state index contributed by atoms with van der Waals surface area (Å²) in [7, 11) is -2.89. The van der Waals surface area contributed by atoms with Crippen molar-refractivity contribution < 1.29 is 8.42 Å². The molecule has 0 aliphatic rings. The lowest BCUT2D eigenvalue weighted by molar-refractivity contribution is 0.446. The van der Waals surface area contributed by atoms with E-state index in [0.717, 1.165) is 12.0 Å². The van der Waals surface area contributed by atoms with Gasteiger partial charge < -0.3 is 5.73 Å². The van der Waals surface area contributed by atoms with E-state index in [1.165, 1.54) is 5.56 Å². The van der Waals surface area contributed by atoms with Gasteiger partial charge in [-0.25, -0.2) is 8.42 Å². The minimum atomic E-state index is -2.89. The van der Waals surface area contributed by atoms with Crippen LogP contribution in [0.15, 0.2) is 24.3 Å². The van der Waals surface area contributed by atoms with E-state index >= 15 is 0 Å². The molecule has 0 saturated heterocycles. The van der Waals surface area contributed by atoms with Crippen molar-refractivity contribution in [3.63, 3.8) is 0 Å². The molecular formula is C15H25NO2S. The summed E-state index contributed by atoms with van der Waals surface area (Å²) in [6.07, 6.45) is 2.30. The van der Waals surface area contributed by atoms with E-state index < -0.39 is 15.4 Å². The van der Waals surface area contributed by atoms with Crippen LogP contribution in [-0.2, 0) is 21.8 Å². The van der Waals surface area contributed by atoms with Crippen LogP contribution < -0.4 is 5.73 Å². The standard InChI is InChI=1S/C15H25NO2S/c1-4-13-7-9-14(10-8-13)15(3,16)11-6-12-19(17,18)5-2/h7-10H,4-6,11-12,16H2,1-3H3. The van der Waals surface area contributed by atoms with Crippen molar-refractivity contribution in [2.45, 2.75) is 45.6 Å². The Morgan fingerprint density at radius 3 is 2.21 bits per heavy atom. The van der Waals surface area contributed by atoms with Crippen LogP contribution in [0.5, 0.6) is 0 Å². The molecule has 0 heterocycles. The molecule has 19 heavy (non-hydrogen) atoms. The predicted octanol–water partition coefficient (Wildman–Crippen LogP) is 2.64. The molecular weight excluding hydrogens is 258 g/mol. The number of hydrogen-bond donors (Lipinski definition) is 1. The van der Waals surface area contributed by atoms with Gasteiger partial charge in [-0.2, -0.15) is 0 Å². The average Bonchev–Trinajstić information content (AvgIpc) is 2.38. The van der Waals surface area contributed by atoms with Crippen molar-refractivity contribution in [3.8, 4) is 0 Å². The van der Waals surface area contributed by atoms with Gasteiger partial charge in [0.05, 0.1) is 5.75 Å². The zero-order valence-corrected chi connectivity index (χ0v) is 13.0. The Bertz CT molecular complexity index is 489. The second-order valence-corrected chi connectivity index (χ2v) is 7.78. The summed E-state index contributed by atoms with van der Waals surface area (Å²) in [6, 6.07) is 8.27. The Hall–Kier alpha value is -0.870. The predicted molar refractivity (Wildman–Crippen MR) is 80.9 cm³/mol. The Kier molecular flexibility index (Phi) is 5.56. The van der Waals surface area contributed by atoms with Crippen molar-refractivity contribution in [3.05, 3.63) is 35.4 Å². The van der Waals surface area contributed by atoms with Gasteiger partial charge in [-0.1, -0.05) is 38.1 Å². The monoisotopic (exact) mass is 283 g/mol. The van der Waals surface area contributed by atoms with Gasteiger partial charge in [-0.3, -0.25) is 0 Å². The maximum absolute atomic E-state index is 11.5. The van der Waals surface area contributed by atoms with Crippen molar-refractivity contribution in [2.24, 2.45) is 5.73 Å². The molecule has 1 unspecified atom stereocenters. The number of sulfone groups is 1. The molecule has 0 amide bonds. The van der Waals surface area contributed by atoms with Crippen LogP contribution in [-0.4, -0.2) is 19.9 Å². The van der Waals surface area contributed by atoms with E-state index in [9.17, 15) is 8.42 Å². The molecule has 2 N–H and O–H groups in total. The summed E-state index contributed by atoms with van der Waals surface area (Å²) in [6.45, 7) is 5.76. The van der Waals surface area contributed by atoms with Crippen LogP contribution in [0.3, 0.4) is 0 Å². The van der Waals surface area contributed by atoms with Crippen LogP contribution in [0, 0.1) is 0 Å². The van der Waals surface area contributed by atoms with E-state index in [1.807, 2.05) is 19.1 Å². The fourth-order valence-electron chi connectivity index (χ4n) is 2.07. The van der Waals surface area contributed by atoms with E-state index in [4.69, 9.17) is 5.73 Å². The highest BCUT2D eigenvalue weighted by atomic mass is 32.2. The largest absolute Gasteiger partial charge is 0.322 e. The Balaban J connectivity index is 2.64. The first kappa shape index (κ1) is 16.2. The molecule has 1 aromatic carbocycles. The molecule has 1 atom stereocenters. The van der Waals surface area contributed by atoms with E-state index in [-0.39, 0.29) is 11.5 Å². The van der Waals surface area contributed by atoms with Gasteiger partial charge >= 0.3 is 0 Å². The lowest BCUT2D eigenvalue weighted by Gasteiger charge is -2.25. The molecule has 3 nitrogen and oxygen atoms in total. The van der Waals surface area contributed by atoms with Crippen molar-refractivity contribution in [1.82, 2.24) is 0 Å². The molecule has 0 saturated carbocycles. The number of aryl methyl sites for hydroxylation is 1. The number of hydrogen-bond acceptors (Lipinski definition) is 3. The van der Waals surface area contributed by atoms with E-state index in [2.05, 4.69) is 19.1 Å². The minimum Gasteiger partial charge on any atom is -0.322 e. The van der Waals surface area contributed by atoms with Crippen LogP contribution in [0.25, 0.3) is 0 Å². The molecule has 1 aromatic rings. The summed E-state index contributed by atoms with van der Waals surface area (Å²) >= 11 is 0. The first-order valence-electron chi connectivity index (χ1n) is 6.89.